The maximum atomic E-state index is 13.5. The number of amides is 1. The monoisotopic (exact) mass is 351 g/mol. The Bertz CT molecular complexity index is 934. The molecule has 1 fully saturated rings. The average molecular weight is 351 g/mol. The van der Waals surface area contributed by atoms with Crippen LogP contribution in [0.25, 0.3) is 16.5 Å². The third-order valence-electron chi connectivity index (χ3n) is 6.67. The number of hydrogen-bond acceptors (Lipinski definition) is 2. The van der Waals surface area contributed by atoms with Gasteiger partial charge in [0.05, 0.1) is 13.6 Å². The van der Waals surface area contributed by atoms with Crippen molar-refractivity contribution in [2.24, 2.45) is 5.92 Å². The zero-order valence-corrected chi connectivity index (χ0v) is 15.5. The number of hydroxylamine groups is 3. The number of nitrogens with zero attached hydrogens (tertiary/aromatic N) is 2. The Hall–Kier alpha value is -2.11. The first-order valence-electron chi connectivity index (χ1n) is 9.56. The molecule has 5 heteroatoms. The van der Waals surface area contributed by atoms with Gasteiger partial charge < -0.3 is 19.7 Å². The maximum Gasteiger partial charge on any atom is 0.235 e. The van der Waals surface area contributed by atoms with E-state index >= 15 is 0 Å². The van der Waals surface area contributed by atoms with E-state index in [4.69, 9.17) is 0 Å². The summed E-state index contributed by atoms with van der Waals surface area (Å²) in [6.07, 6.45) is 5.92. The third kappa shape index (κ3) is 2.07. The SMILES string of the molecule is C[C@H]1C[C@H](C)N1C(=O)C1C=C2c3cccc4[nH]cc(c34)C[C@H]2[N+](C)([O-])C1. The topological polar surface area (TPSA) is 59.2 Å². The van der Waals surface area contributed by atoms with Crippen LogP contribution < -0.4 is 0 Å². The van der Waals surface area contributed by atoms with E-state index in [1.807, 2.05) is 17.2 Å². The fraction of sp³-hybridized carbons (Fsp3) is 0.476. The number of likely N-dealkylation sites (N-methyl/N-ethyl adjacent to an activating group) is 1. The molecule has 5 rings (SSSR count). The number of quaternary nitrogens is 1. The molecule has 1 saturated heterocycles. The number of fused-ring (bicyclic) bond motifs is 2. The van der Waals surface area contributed by atoms with Crippen LogP contribution in [0, 0.1) is 11.1 Å². The van der Waals surface area contributed by atoms with Crippen LogP contribution in [0.15, 0.2) is 30.5 Å². The van der Waals surface area contributed by atoms with Gasteiger partial charge in [0.25, 0.3) is 0 Å². The summed E-state index contributed by atoms with van der Waals surface area (Å²) in [5.74, 6) is -0.209. The minimum atomic E-state index is -0.375. The lowest BCUT2D eigenvalue weighted by Crippen LogP contribution is -2.61. The minimum absolute atomic E-state index is 0.120. The fourth-order valence-electron chi connectivity index (χ4n) is 5.42. The van der Waals surface area contributed by atoms with E-state index in [1.165, 1.54) is 10.9 Å². The molecule has 0 radical (unpaired) electrons. The molecule has 26 heavy (non-hydrogen) atoms. The second kappa shape index (κ2) is 5.21. The highest BCUT2D eigenvalue weighted by atomic mass is 16.5. The molecule has 0 spiro atoms. The van der Waals surface area contributed by atoms with Crippen LogP contribution in [-0.2, 0) is 11.2 Å². The van der Waals surface area contributed by atoms with Crippen molar-refractivity contribution >= 4 is 22.4 Å². The van der Waals surface area contributed by atoms with Crippen LogP contribution in [0.2, 0.25) is 0 Å². The zero-order valence-electron chi connectivity index (χ0n) is 15.5. The number of carbonyl (C=O) groups is 1. The Morgan fingerprint density at radius 3 is 2.81 bits per heavy atom. The lowest BCUT2D eigenvalue weighted by atomic mass is 9.79. The second-order valence-corrected chi connectivity index (χ2v) is 8.53. The van der Waals surface area contributed by atoms with Gasteiger partial charge in [0.15, 0.2) is 0 Å². The molecule has 0 bridgehead atoms. The van der Waals surface area contributed by atoms with E-state index in [-0.39, 0.29) is 34.6 Å². The molecule has 1 amide bonds. The predicted octanol–water partition coefficient (Wildman–Crippen LogP) is 3.06. The largest absolute Gasteiger partial charge is 0.633 e. The molecule has 0 saturated carbocycles. The number of H-pyrrole nitrogens is 1. The summed E-state index contributed by atoms with van der Waals surface area (Å²) < 4.78 is -0.375. The summed E-state index contributed by atoms with van der Waals surface area (Å²) in [5.41, 5.74) is 4.51. The Labute approximate surface area is 153 Å². The minimum Gasteiger partial charge on any atom is -0.633 e. The summed E-state index contributed by atoms with van der Waals surface area (Å²) >= 11 is 0. The molecule has 1 aromatic carbocycles. The number of nitrogens with one attached hydrogen (secondary N) is 1. The van der Waals surface area contributed by atoms with E-state index in [9.17, 15) is 10.0 Å². The molecular formula is C21H25N3O2. The Balaban J connectivity index is 1.62. The number of aromatic nitrogens is 1. The summed E-state index contributed by atoms with van der Waals surface area (Å²) in [5, 5.41) is 14.7. The van der Waals surface area contributed by atoms with E-state index < -0.39 is 0 Å². The molecule has 5 nitrogen and oxygen atoms in total. The Morgan fingerprint density at radius 2 is 2.08 bits per heavy atom. The molecule has 136 valence electrons. The summed E-state index contributed by atoms with van der Waals surface area (Å²) in [6, 6.07) is 6.64. The van der Waals surface area contributed by atoms with Gasteiger partial charge in [-0.1, -0.05) is 18.2 Å². The van der Waals surface area contributed by atoms with Crippen molar-refractivity contribution in [3.05, 3.63) is 46.8 Å². The van der Waals surface area contributed by atoms with Crippen LogP contribution in [0.4, 0.5) is 0 Å². The van der Waals surface area contributed by atoms with Gasteiger partial charge in [-0.05, 0) is 37.5 Å². The zero-order chi connectivity index (χ0) is 18.2. The highest BCUT2D eigenvalue weighted by Gasteiger charge is 2.45. The van der Waals surface area contributed by atoms with Crippen molar-refractivity contribution in [1.82, 2.24) is 9.88 Å². The number of aromatic amines is 1. The number of carbonyl (C=O) groups excluding carboxylic acids is 1. The van der Waals surface area contributed by atoms with E-state index in [1.54, 1.807) is 7.05 Å². The van der Waals surface area contributed by atoms with E-state index in [2.05, 4.69) is 37.0 Å². The van der Waals surface area contributed by atoms with E-state index in [0.29, 0.717) is 6.54 Å². The van der Waals surface area contributed by atoms with Crippen molar-refractivity contribution < 1.29 is 9.44 Å². The molecule has 5 atom stereocenters. The van der Waals surface area contributed by atoms with Crippen molar-refractivity contribution in [3.8, 4) is 0 Å². The lowest BCUT2D eigenvalue weighted by Gasteiger charge is -2.53. The quantitative estimate of drug-likeness (QED) is 0.634. The van der Waals surface area contributed by atoms with Gasteiger partial charge in [-0.2, -0.15) is 0 Å². The van der Waals surface area contributed by atoms with Gasteiger partial charge in [-0.3, -0.25) is 4.79 Å². The molecule has 2 aliphatic heterocycles. The van der Waals surface area contributed by atoms with E-state index in [0.717, 1.165) is 29.5 Å². The smallest absolute Gasteiger partial charge is 0.235 e. The first-order chi connectivity index (χ1) is 12.4. The van der Waals surface area contributed by atoms with Gasteiger partial charge in [0, 0.05) is 41.2 Å². The predicted molar refractivity (Wildman–Crippen MR) is 102 cm³/mol. The van der Waals surface area contributed by atoms with Gasteiger partial charge >= 0.3 is 0 Å². The molecule has 1 N–H and O–H groups in total. The standard InChI is InChI=1S/C21H25N3O2/c1-12-7-13(2)23(12)21(25)15-8-17-16-5-4-6-18-20(16)14(10-22-18)9-19(17)24(3,26)11-15/h4-6,8,10,12-13,15,19,22H,7,9,11H2,1-3H3/t12-,13-,15?,19+,24?/m0/s1. The average Bonchev–Trinajstić information content (AvgIpc) is 2.99. The van der Waals surface area contributed by atoms with Crippen molar-refractivity contribution in [3.63, 3.8) is 0 Å². The molecule has 1 aliphatic carbocycles. The first-order valence-corrected chi connectivity index (χ1v) is 9.56. The van der Waals surface area contributed by atoms with Gasteiger partial charge in [0.2, 0.25) is 5.91 Å². The van der Waals surface area contributed by atoms with Crippen molar-refractivity contribution in [2.75, 3.05) is 13.6 Å². The highest BCUT2D eigenvalue weighted by molar-refractivity contribution is 5.99. The van der Waals surface area contributed by atoms with Crippen molar-refractivity contribution in [2.45, 2.75) is 44.8 Å². The maximum absolute atomic E-state index is 13.5. The number of likely N-dealkylation sites (tertiary alicyclic amines) is 1. The molecule has 1 aromatic heterocycles. The summed E-state index contributed by atoms with van der Waals surface area (Å²) in [4.78, 5) is 18.4. The lowest BCUT2D eigenvalue weighted by molar-refractivity contribution is -0.880. The summed E-state index contributed by atoms with van der Waals surface area (Å²) in [6.45, 7) is 4.52. The molecule has 3 aliphatic rings. The van der Waals surface area contributed by atoms with Crippen LogP contribution >= 0.6 is 0 Å². The van der Waals surface area contributed by atoms with Crippen LogP contribution in [0.3, 0.4) is 0 Å². The van der Waals surface area contributed by atoms with Crippen LogP contribution in [0.1, 0.15) is 31.4 Å². The van der Waals surface area contributed by atoms with Crippen LogP contribution in [-0.4, -0.2) is 52.2 Å². The Morgan fingerprint density at radius 1 is 1.31 bits per heavy atom. The van der Waals surface area contributed by atoms with Gasteiger partial charge in [-0.25, -0.2) is 0 Å². The summed E-state index contributed by atoms with van der Waals surface area (Å²) in [7, 11) is 1.73. The Kier molecular flexibility index (Phi) is 3.22. The highest BCUT2D eigenvalue weighted by Crippen LogP contribution is 2.44. The van der Waals surface area contributed by atoms with Crippen LogP contribution in [0.5, 0.6) is 0 Å². The van der Waals surface area contributed by atoms with Gasteiger partial charge in [0.1, 0.15) is 12.0 Å². The normalized spacial score (nSPS) is 35.7. The molecular weight excluding hydrogens is 326 g/mol. The van der Waals surface area contributed by atoms with Gasteiger partial charge in [-0.15, -0.1) is 0 Å². The third-order valence-corrected chi connectivity index (χ3v) is 6.67. The first kappa shape index (κ1) is 16.1. The molecule has 3 heterocycles. The number of rotatable bonds is 1. The fourth-order valence-corrected chi connectivity index (χ4v) is 5.42. The number of hydrogen-bond donors (Lipinski definition) is 1. The van der Waals surface area contributed by atoms with Crippen molar-refractivity contribution in [1.29, 1.82) is 0 Å². The second-order valence-electron chi connectivity index (χ2n) is 8.53. The molecule has 2 aromatic rings. The molecule has 2 unspecified atom stereocenters. The number of benzene rings is 1.